The Hall–Kier alpha value is -2.94. The average Bonchev–Trinajstić information content (AvgIpc) is 2.81. The summed E-state index contributed by atoms with van der Waals surface area (Å²) in [4.78, 5) is 15.9. The van der Waals surface area contributed by atoms with Gasteiger partial charge in [-0.25, -0.2) is 0 Å². The minimum Gasteiger partial charge on any atom is -0.356 e. The molecule has 0 atom stereocenters. The van der Waals surface area contributed by atoms with Crippen LogP contribution in [0.15, 0.2) is 97.4 Å². The van der Waals surface area contributed by atoms with Crippen molar-refractivity contribution in [1.29, 1.82) is 0 Å². The highest BCUT2D eigenvalue weighted by Gasteiger charge is 1.99. The minimum atomic E-state index is 0. The van der Waals surface area contributed by atoms with Gasteiger partial charge in [-0.15, -0.1) is 0 Å². The van der Waals surface area contributed by atoms with Crippen LogP contribution in [0.1, 0.15) is 65.3 Å². The van der Waals surface area contributed by atoms with Crippen molar-refractivity contribution < 1.29 is 6.22 Å². The zero-order valence-electron chi connectivity index (χ0n) is 19.7. The summed E-state index contributed by atoms with van der Waals surface area (Å²) in [7, 11) is 0. The van der Waals surface area contributed by atoms with Gasteiger partial charge in [0.15, 0.2) is 0 Å². The number of rotatable bonds is 17. The van der Waals surface area contributed by atoms with E-state index in [0.29, 0.717) is 13.0 Å². The molecule has 0 aliphatic heterocycles. The standard InChI is InChI=1S/C29H40N2O.H2/c1-2-3-4-5-6-7-8-9-10-11-12-13-14-15-16-17-18-19-20-23-29(32)31-26-24-28-22-21-25-30-27-28;/h3-4,6-7,9-10,12-13,15-16,18-19,21-22,25,27H,2,5,8,11,14,17,20,23-24,26H2,1H3,(H,31,32);1H/b4-3-,7-6-,10-9-,13-12-,16-15-,19-18-;. The van der Waals surface area contributed by atoms with Crippen molar-refractivity contribution >= 4 is 5.91 Å². The molecule has 0 saturated carbocycles. The lowest BCUT2D eigenvalue weighted by Gasteiger charge is -2.03. The normalized spacial score (nSPS) is 12.5. The summed E-state index contributed by atoms with van der Waals surface area (Å²) in [6.07, 6.45) is 38.0. The van der Waals surface area contributed by atoms with Crippen molar-refractivity contribution in [1.82, 2.24) is 10.3 Å². The number of nitrogens with one attached hydrogen (secondary N) is 1. The van der Waals surface area contributed by atoms with Gasteiger partial charge in [-0.1, -0.05) is 85.9 Å². The molecule has 1 heterocycles. The van der Waals surface area contributed by atoms with Crippen LogP contribution in [0, 0.1) is 0 Å². The fourth-order valence-electron chi connectivity index (χ4n) is 2.83. The summed E-state index contributed by atoms with van der Waals surface area (Å²) >= 11 is 0. The maximum absolute atomic E-state index is 11.8. The average molecular weight is 435 g/mol. The number of pyridine rings is 1. The molecule has 3 heteroatoms. The molecule has 0 aromatic carbocycles. The first-order valence-electron chi connectivity index (χ1n) is 11.9. The lowest BCUT2D eigenvalue weighted by molar-refractivity contribution is -0.120. The van der Waals surface area contributed by atoms with Gasteiger partial charge >= 0.3 is 0 Å². The molecule has 0 fully saturated rings. The Morgan fingerprint density at radius 1 is 0.844 bits per heavy atom. The number of nitrogens with zero attached hydrogens (tertiary/aromatic N) is 1. The predicted molar refractivity (Wildman–Crippen MR) is 141 cm³/mol. The van der Waals surface area contributed by atoms with Gasteiger partial charge in [0, 0.05) is 26.8 Å². The first-order valence-corrected chi connectivity index (χ1v) is 11.9. The molecule has 174 valence electrons. The molecule has 1 rings (SSSR count). The molecular weight excluding hydrogens is 392 g/mol. The highest BCUT2D eigenvalue weighted by Crippen LogP contribution is 1.99. The van der Waals surface area contributed by atoms with E-state index in [-0.39, 0.29) is 7.33 Å². The van der Waals surface area contributed by atoms with E-state index < -0.39 is 0 Å². The second kappa shape index (κ2) is 21.3. The van der Waals surface area contributed by atoms with Crippen LogP contribution in [0.2, 0.25) is 0 Å². The number of hydrogen-bond donors (Lipinski definition) is 1. The Kier molecular flexibility index (Phi) is 18.0. The van der Waals surface area contributed by atoms with Gasteiger partial charge in [0.05, 0.1) is 0 Å². The molecular formula is C29H42N2O. The summed E-state index contributed by atoms with van der Waals surface area (Å²) in [5.74, 6) is 0.105. The first kappa shape index (κ1) is 27.1. The molecule has 0 unspecified atom stereocenters. The molecule has 0 aliphatic rings. The maximum atomic E-state index is 11.8. The molecule has 3 nitrogen and oxygen atoms in total. The summed E-state index contributed by atoms with van der Waals surface area (Å²) in [5.41, 5.74) is 1.14. The number of aromatic nitrogens is 1. The quantitative estimate of drug-likeness (QED) is 0.258. The third-order valence-corrected chi connectivity index (χ3v) is 4.59. The van der Waals surface area contributed by atoms with E-state index >= 15 is 0 Å². The van der Waals surface area contributed by atoms with Gasteiger partial charge in [0.25, 0.3) is 0 Å². The molecule has 0 aliphatic carbocycles. The largest absolute Gasteiger partial charge is 0.356 e. The summed E-state index contributed by atoms with van der Waals surface area (Å²) in [6, 6.07) is 3.94. The smallest absolute Gasteiger partial charge is 0.220 e. The van der Waals surface area contributed by atoms with Gasteiger partial charge in [0.1, 0.15) is 0 Å². The molecule has 0 bridgehead atoms. The molecule has 1 aromatic heterocycles. The van der Waals surface area contributed by atoms with E-state index in [1.165, 1.54) is 0 Å². The zero-order valence-corrected chi connectivity index (χ0v) is 19.7. The van der Waals surface area contributed by atoms with Crippen molar-refractivity contribution in [2.75, 3.05) is 6.54 Å². The van der Waals surface area contributed by atoms with Crippen LogP contribution in [0.3, 0.4) is 0 Å². The van der Waals surface area contributed by atoms with Crippen LogP contribution in [0.5, 0.6) is 0 Å². The number of hydrogen-bond acceptors (Lipinski definition) is 2. The van der Waals surface area contributed by atoms with E-state index in [2.05, 4.69) is 90.1 Å². The Morgan fingerprint density at radius 3 is 1.88 bits per heavy atom. The molecule has 1 amide bonds. The van der Waals surface area contributed by atoms with Gasteiger partial charge in [-0.2, -0.15) is 0 Å². The van der Waals surface area contributed by atoms with Crippen molar-refractivity contribution in [2.24, 2.45) is 0 Å². The van der Waals surface area contributed by atoms with E-state index in [9.17, 15) is 4.79 Å². The highest BCUT2D eigenvalue weighted by molar-refractivity contribution is 5.75. The Bertz CT molecular complexity index is 761. The van der Waals surface area contributed by atoms with Crippen molar-refractivity contribution in [3.63, 3.8) is 0 Å². The first-order chi connectivity index (χ1) is 15.8. The molecule has 0 spiro atoms. The van der Waals surface area contributed by atoms with Crippen molar-refractivity contribution in [2.45, 2.75) is 64.7 Å². The summed E-state index contributed by atoms with van der Waals surface area (Å²) in [6.45, 7) is 2.82. The number of amides is 1. The summed E-state index contributed by atoms with van der Waals surface area (Å²) in [5, 5.41) is 2.96. The van der Waals surface area contributed by atoms with Crippen LogP contribution >= 0.6 is 0 Å². The Labute approximate surface area is 196 Å². The lowest BCUT2D eigenvalue weighted by Crippen LogP contribution is -2.25. The predicted octanol–water partition coefficient (Wildman–Crippen LogP) is 7.46. The van der Waals surface area contributed by atoms with Gasteiger partial charge in [-0.3, -0.25) is 9.78 Å². The van der Waals surface area contributed by atoms with E-state index in [1.54, 1.807) is 6.20 Å². The highest BCUT2D eigenvalue weighted by atomic mass is 16.1. The van der Waals surface area contributed by atoms with Crippen LogP contribution in [-0.4, -0.2) is 17.4 Å². The van der Waals surface area contributed by atoms with Crippen molar-refractivity contribution in [3.05, 3.63) is 103 Å². The Morgan fingerprint density at radius 2 is 1.38 bits per heavy atom. The fourth-order valence-corrected chi connectivity index (χ4v) is 2.83. The van der Waals surface area contributed by atoms with Crippen LogP contribution < -0.4 is 5.32 Å². The second-order valence-corrected chi connectivity index (χ2v) is 7.42. The topological polar surface area (TPSA) is 42.0 Å². The number of carbonyl (C=O) groups excluding carboxylic acids is 1. The fraction of sp³-hybridized carbons (Fsp3) is 0.379. The van der Waals surface area contributed by atoms with E-state index in [0.717, 1.165) is 56.9 Å². The van der Waals surface area contributed by atoms with Crippen LogP contribution in [0.4, 0.5) is 0 Å². The SMILES string of the molecule is CC/C=C\C/C=C\C/C=C\C/C=C\C/C=C\C/C=C\CCC(=O)NCCc1cccnc1.[HH]. The molecule has 0 saturated heterocycles. The zero-order chi connectivity index (χ0) is 23.0. The lowest BCUT2D eigenvalue weighted by atomic mass is 10.2. The minimum absolute atomic E-state index is 0. The summed E-state index contributed by atoms with van der Waals surface area (Å²) < 4.78 is 0. The Balaban J connectivity index is 0.0000102. The third-order valence-electron chi connectivity index (χ3n) is 4.59. The van der Waals surface area contributed by atoms with Gasteiger partial charge in [0.2, 0.25) is 5.91 Å². The number of allylic oxidation sites excluding steroid dienone is 12. The van der Waals surface area contributed by atoms with E-state index in [1.807, 2.05) is 18.3 Å². The van der Waals surface area contributed by atoms with Crippen molar-refractivity contribution in [3.8, 4) is 0 Å². The van der Waals surface area contributed by atoms with Gasteiger partial charge < -0.3 is 5.32 Å². The van der Waals surface area contributed by atoms with E-state index in [4.69, 9.17) is 0 Å². The second-order valence-electron chi connectivity index (χ2n) is 7.42. The molecule has 32 heavy (non-hydrogen) atoms. The molecule has 1 aromatic rings. The molecule has 1 N–H and O–H groups in total. The van der Waals surface area contributed by atoms with Crippen LogP contribution in [0.25, 0.3) is 0 Å². The maximum Gasteiger partial charge on any atom is 0.220 e. The monoisotopic (exact) mass is 434 g/mol. The number of carbonyl (C=O) groups is 1. The third kappa shape index (κ3) is 17.9. The van der Waals surface area contributed by atoms with Crippen LogP contribution in [-0.2, 0) is 11.2 Å². The molecule has 0 radical (unpaired) electrons. The van der Waals surface area contributed by atoms with Gasteiger partial charge in [-0.05, 0) is 63.0 Å².